The summed E-state index contributed by atoms with van der Waals surface area (Å²) in [6.45, 7) is 0. The van der Waals surface area contributed by atoms with Crippen molar-refractivity contribution in [3.8, 4) is 29.4 Å². The highest BCUT2D eigenvalue weighted by Gasteiger charge is 2.29. The SMILES string of the molecule is N#Cc1ccc(Oc2cccc3c2CC(Oc2cccc(C#N)c2)ON3O)cc1. The van der Waals surface area contributed by atoms with Gasteiger partial charge in [-0.15, -0.1) is 5.23 Å². The largest absolute Gasteiger partial charge is 0.462 e. The van der Waals surface area contributed by atoms with Gasteiger partial charge in [0.2, 0.25) is 6.29 Å². The summed E-state index contributed by atoms with van der Waals surface area (Å²) in [7, 11) is 0. The predicted octanol–water partition coefficient (Wildman–Crippen LogP) is 4.31. The summed E-state index contributed by atoms with van der Waals surface area (Å²) in [4.78, 5) is 5.42. The first-order valence-corrected chi connectivity index (χ1v) is 8.79. The Labute approximate surface area is 167 Å². The lowest BCUT2D eigenvalue weighted by Gasteiger charge is -2.31. The quantitative estimate of drug-likeness (QED) is 0.714. The van der Waals surface area contributed by atoms with Crippen LogP contribution in [0.2, 0.25) is 0 Å². The third-order valence-corrected chi connectivity index (χ3v) is 4.34. The molecule has 7 heteroatoms. The molecule has 0 spiro atoms. The predicted molar refractivity (Wildman–Crippen MR) is 102 cm³/mol. The molecule has 3 aromatic rings. The summed E-state index contributed by atoms with van der Waals surface area (Å²) >= 11 is 0. The molecule has 0 fully saturated rings. The molecule has 0 radical (unpaired) electrons. The Morgan fingerprint density at radius 1 is 0.931 bits per heavy atom. The molecule has 7 nitrogen and oxygen atoms in total. The summed E-state index contributed by atoms with van der Waals surface area (Å²) in [6, 6.07) is 22.8. The average molecular weight is 385 g/mol. The molecule has 1 aliphatic rings. The van der Waals surface area contributed by atoms with Crippen molar-refractivity contribution in [2.45, 2.75) is 12.7 Å². The van der Waals surface area contributed by atoms with Gasteiger partial charge < -0.3 is 9.47 Å². The number of hydrogen-bond donors (Lipinski definition) is 1. The molecule has 4 rings (SSSR count). The van der Waals surface area contributed by atoms with Gasteiger partial charge in [-0.1, -0.05) is 12.1 Å². The van der Waals surface area contributed by atoms with Gasteiger partial charge in [-0.2, -0.15) is 10.5 Å². The number of nitrogens with zero attached hydrogens (tertiary/aromatic N) is 3. The fourth-order valence-electron chi connectivity index (χ4n) is 2.98. The van der Waals surface area contributed by atoms with E-state index in [9.17, 15) is 5.21 Å². The molecule has 0 saturated carbocycles. The molecular weight excluding hydrogens is 370 g/mol. The van der Waals surface area contributed by atoms with Crippen molar-refractivity contribution < 1.29 is 19.5 Å². The van der Waals surface area contributed by atoms with E-state index in [4.69, 9.17) is 24.8 Å². The fraction of sp³-hybridized carbons (Fsp3) is 0.0909. The first kappa shape index (κ1) is 18.3. The Morgan fingerprint density at radius 2 is 1.69 bits per heavy atom. The maximum Gasteiger partial charge on any atom is 0.230 e. The molecule has 1 aliphatic heterocycles. The van der Waals surface area contributed by atoms with Crippen LogP contribution in [0, 0.1) is 22.7 Å². The molecule has 29 heavy (non-hydrogen) atoms. The Balaban J connectivity index is 1.58. The lowest BCUT2D eigenvalue weighted by atomic mass is 10.1. The van der Waals surface area contributed by atoms with Gasteiger partial charge in [0.15, 0.2) is 0 Å². The van der Waals surface area contributed by atoms with E-state index in [1.165, 1.54) is 0 Å². The topological polar surface area (TPSA) is 98.7 Å². The zero-order valence-electron chi connectivity index (χ0n) is 15.1. The molecule has 0 bridgehead atoms. The van der Waals surface area contributed by atoms with Gasteiger partial charge in [0.25, 0.3) is 0 Å². The molecule has 0 saturated heterocycles. The number of rotatable bonds is 4. The van der Waals surface area contributed by atoms with Gasteiger partial charge in [-0.05, 0) is 54.6 Å². The summed E-state index contributed by atoms with van der Waals surface area (Å²) in [5, 5.41) is 28.9. The van der Waals surface area contributed by atoms with E-state index < -0.39 is 6.29 Å². The molecule has 142 valence electrons. The van der Waals surface area contributed by atoms with Crippen molar-refractivity contribution in [1.29, 1.82) is 10.5 Å². The lowest BCUT2D eigenvalue weighted by Crippen LogP contribution is -2.37. The first-order valence-electron chi connectivity index (χ1n) is 8.79. The van der Waals surface area contributed by atoms with Crippen LogP contribution in [-0.2, 0) is 11.3 Å². The zero-order valence-corrected chi connectivity index (χ0v) is 15.1. The third-order valence-electron chi connectivity index (χ3n) is 4.34. The minimum Gasteiger partial charge on any atom is -0.462 e. The average Bonchev–Trinajstić information content (AvgIpc) is 2.75. The Morgan fingerprint density at radius 3 is 2.45 bits per heavy atom. The molecule has 1 unspecified atom stereocenters. The Bertz CT molecular complexity index is 1120. The second-order valence-corrected chi connectivity index (χ2v) is 6.26. The highest BCUT2D eigenvalue weighted by Crippen LogP contribution is 2.37. The second kappa shape index (κ2) is 7.91. The smallest absolute Gasteiger partial charge is 0.230 e. The monoisotopic (exact) mass is 385 g/mol. The van der Waals surface area contributed by atoms with Crippen LogP contribution in [0.1, 0.15) is 16.7 Å². The van der Waals surface area contributed by atoms with Gasteiger partial charge in [-0.3, -0.25) is 5.21 Å². The summed E-state index contributed by atoms with van der Waals surface area (Å²) in [6.07, 6.45) is -0.498. The minimum atomic E-state index is -0.813. The Kier molecular flexibility index (Phi) is 5.00. The maximum absolute atomic E-state index is 10.3. The van der Waals surface area contributed by atoms with E-state index in [-0.39, 0.29) is 0 Å². The number of benzene rings is 3. The summed E-state index contributed by atoms with van der Waals surface area (Å²) in [5.41, 5.74) is 2.15. The first-order chi connectivity index (χ1) is 14.2. The fourth-order valence-corrected chi connectivity index (χ4v) is 2.98. The van der Waals surface area contributed by atoms with Crippen LogP contribution >= 0.6 is 0 Å². The highest BCUT2D eigenvalue weighted by atomic mass is 16.9. The van der Waals surface area contributed by atoms with Crippen LogP contribution in [-0.4, -0.2) is 11.5 Å². The van der Waals surface area contributed by atoms with Gasteiger partial charge in [0, 0.05) is 12.0 Å². The van der Waals surface area contributed by atoms with E-state index in [0.717, 1.165) is 0 Å². The number of fused-ring (bicyclic) bond motifs is 1. The van der Waals surface area contributed by atoms with E-state index in [2.05, 4.69) is 12.1 Å². The van der Waals surface area contributed by atoms with Crippen molar-refractivity contribution in [3.05, 3.63) is 83.4 Å². The molecule has 0 aliphatic carbocycles. The molecule has 0 aromatic heterocycles. The van der Waals surface area contributed by atoms with Crippen LogP contribution in [0.25, 0.3) is 0 Å². The summed E-state index contributed by atoms with van der Waals surface area (Å²) < 4.78 is 11.8. The van der Waals surface area contributed by atoms with Crippen LogP contribution in [0.3, 0.4) is 0 Å². The number of hydrogen-bond acceptors (Lipinski definition) is 7. The highest BCUT2D eigenvalue weighted by molar-refractivity contribution is 5.59. The molecule has 0 amide bonds. The lowest BCUT2D eigenvalue weighted by molar-refractivity contribution is -0.166. The van der Waals surface area contributed by atoms with Gasteiger partial charge >= 0.3 is 0 Å². The normalized spacial score (nSPS) is 15.0. The van der Waals surface area contributed by atoms with Gasteiger partial charge in [0.05, 0.1) is 23.3 Å². The Hall–Kier alpha value is -4.04. The van der Waals surface area contributed by atoms with E-state index in [0.29, 0.717) is 51.3 Å². The summed E-state index contributed by atoms with van der Waals surface area (Å²) in [5.74, 6) is 1.55. The molecule has 3 aromatic carbocycles. The second-order valence-electron chi connectivity index (χ2n) is 6.26. The minimum absolute atomic E-state index is 0.315. The maximum atomic E-state index is 10.3. The van der Waals surface area contributed by atoms with Crippen molar-refractivity contribution >= 4 is 5.69 Å². The van der Waals surface area contributed by atoms with Gasteiger partial charge in [0.1, 0.15) is 22.9 Å². The molecule has 1 atom stereocenters. The molecule has 1 N–H and O–H groups in total. The van der Waals surface area contributed by atoms with Crippen LogP contribution in [0.4, 0.5) is 5.69 Å². The molecule has 1 heterocycles. The zero-order chi connectivity index (χ0) is 20.2. The van der Waals surface area contributed by atoms with Crippen LogP contribution in [0.5, 0.6) is 17.2 Å². The van der Waals surface area contributed by atoms with E-state index in [1.807, 2.05) is 0 Å². The number of nitriles is 2. The van der Waals surface area contributed by atoms with Crippen molar-refractivity contribution in [3.63, 3.8) is 0 Å². The number of anilines is 1. The van der Waals surface area contributed by atoms with Gasteiger partial charge in [-0.25, -0.2) is 4.84 Å². The van der Waals surface area contributed by atoms with E-state index >= 15 is 0 Å². The van der Waals surface area contributed by atoms with Crippen molar-refractivity contribution in [2.24, 2.45) is 0 Å². The van der Waals surface area contributed by atoms with E-state index in [1.54, 1.807) is 66.7 Å². The number of ether oxygens (including phenoxy) is 2. The molecular formula is C22H15N3O4. The third kappa shape index (κ3) is 3.97. The van der Waals surface area contributed by atoms with Crippen molar-refractivity contribution in [2.75, 3.05) is 5.23 Å². The standard InChI is InChI=1S/C22H15N3O4/c23-13-15-7-9-17(10-8-15)27-21-6-2-5-20-19(21)12-22(29-25(20)26)28-18-4-1-3-16(11-18)14-24/h1-11,22,26H,12H2. The van der Waals surface area contributed by atoms with Crippen LogP contribution < -0.4 is 14.7 Å². The van der Waals surface area contributed by atoms with Crippen molar-refractivity contribution in [1.82, 2.24) is 0 Å². The van der Waals surface area contributed by atoms with Crippen LogP contribution in [0.15, 0.2) is 66.7 Å².